The summed E-state index contributed by atoms with van der Waals surface area (Å²) in [6.45, 7) is 2.60. The highest BCUT2D eigenvalue weighted by molar-refractivity contribution is 5.50. The predicted octanol–water partition coefficient (Wildman–Crippen LogP) is 2.25. The SMILES string of the molecule is FC(F)c1nnc(-c2ccc(Cn3cc(CC4CCNCC4)nn3)nc2)o1. The quantitative estimate of drug-likeness (QED) is 0.706. The van der Waals surface area contributed by atoms with E-state index in [1.165, 1.54) is 19.0 Å². The lowest BCUT2D eigenvalue weighted by atomic mass is 9.93. The van der Waals surface area contributed by atoms with Crippen molar-refractivity contribution in [2.45, 2.75) is 32.2 Å². The van der Waals surface area contributed by atoms with Gasteiger partial charge in [0.2, 0.25) is 5.89 Å². The molecule has 1 aliphatic rings. The van der Waals surface area contributed by atoms with Gasteiger partial charge in [-0.2, -0.15) is 8.78 Å². The highest BCUT2D eigenvalue weighted by Crippen LogP contribution is 2.23. The molecule has 1 saturated heterocycles. The molecule has 3 aromatic rings. The number of aromatic nitrogens is 6. The maximum Gasteiger partial charge on any atom is 0.314 e. The number of hydrogen-bond acceptors (Lipinski definition) is 7. The van der Waals surface area contributed by atoms with Gasteiger partial charge in [0.25, 0.3) is 5.89 Å². The molecule has 1 fully saturated rings. The van der Waals surface area contributed by atoms with Gasteiger partial charge in [0.1, 0.15) is 0 Å². The molecule has 142 valence electrons. The van der Waals surface area contributed by atoms with E-state index in [9.17, 15) is 8.78 Å². The Bertz CT molecular complexity index is 872. The van der Waals surface area contributed by atoms with Crippen LogP contribution in [0.4, 0.5) is 8.78 Å². The summed E-state index contributed by atoms with van der Waals surface area (Å²) in [6.07, 6.45) is 3.95. The van der Waals surface area contributed by atoms with Crippen LogP contribution in [0.5, 0.6) is 0 Å². The number of rotatable bonds is 6. The van der Waals surface area contributed by atoms with Gasteiger partial charge in [0, 0.05) is 12.4 Å². The fraction of sp³-hybridized carbons (Fsp3) is 0.471. The molecule has 27 heavy (non-hydrogen) atoms. The van der Waals surface area contributed by atoms with Gasteiger partial charge in [-0.1, -0.05) is 5.21 Å². The molecule has 0 bridgehead atoms. The molecular weight excluding hydrogens is 356 g/mol. The van der Waals surface area contributed by atoms with Crippen molar-refractivity contribution in [1.82, 2.24) is 35.5 Å². The molecule has 10 heteroatoms. The number of piperidine rings is 1. The van der Waals surface area contributed by atoms with Crippen molar-refractivity contribution in [3.8, 4) is 11.5 Å². The lowest BCUT2D eigenvalue weighted by Gasteiger charge is -2.21. The smallest absolute Gasteiger partial charge is 0.314 e. The number of hydrogen-bond donors (Lipinski definition) is 1. The van der Waals surface area contributed by atoms with E-state index in [4.69, 9.17) is 4.42 Å². The van der Waals surface area contributed by atoms with Crippen molar-refractivity contribution in [1.29, 1.82) is 0 Å². The third-order valence-corrected chi connectivity index (χ3v) is 4.57. The minimum Gasteiger partial charge on any atom is -0.415 e. The Balaban J connectivity index is 1.38. The lowest BCUT2D eigenvalue weighted by molar-refractivity contribution is 0.116. The van der Waals surface area contributed by atoms with Gasteiger partial charge in [-0.05, 0) is 50.4 Å². The molecule has 0 amide bonds. The molecule has 0 saturated carbocycles. The number of nitrogens with zero attached hydrogens (tertiary/aromatic N) is 6. The number of pyridine rings is 1. The first-order valence-electron chi connectivity index (χ1n) is 8.84. The minimum atomic E-state index is -2.79. The zero-order valence-electron chi connectivity index (χ0n) is 14.6. The lowest BCUT2D eigenvalue weighted by Crippen LogP contribution is -2.28. The maximum absolute atomic E-state index is 12.5. The van der Waals surface area contributed by atoms with E-state index in [1.807, 2.05) is 6.20 Å². The first-order chi connectivity index (χ1) is 13.2. The monoisotopic (exact) mass is 375 g/mol. The van der Waals surface area contributed by atoms with Crippen molar-refractivity contribution in [2.24, 2.45) is 5.92 Å². The molecule has 0 spiro atoms. The molecule has 0 aliphatic carbocycles. The number of nitrogens with one attached hydrogen (secondary N) is 1. The zero-order valence-corrected chi connectivity index (χ0v) is 14.6. The molecular formula is C17H19F2N7O. The Kier molecular flexibility index (Phi) is 5.14. The van der Waals surface area contributed by atoms with E-state index in [2.05, 4.69) is 30.8 Å². The van der Waals surface area contributed by atoms with Gasteiger partial charge in [-0.25, -0.2) is 4.68 Å². The standard InChI is InChI=1S/C17H19F2N7O/c18-15(19)17-24-23-16(27-17)12-1-2-13(21-8-12)9-26-10-14(22-25-26)7-11-3-5-20-6-4-11/h1-2,8,10-11,15,20H,3-7,9H2. The molecule has 0 aromatic carbocycles. The van der Waals surface area contributed by atoms with Crippen LogP contribution in [0.2, 0.25) is 0 Å². The van der Waals surface area contributed by atoms with Crippen LogP contribution < -0.4 is 5.32 Å². The molecule has 0 unspecified atom stereocenters. The minimum absolute atomic E-state index is 0.0226. The second kappa shape index (κ2) is 7.87. The average molecular weight is 375 g/mol. The van der Waals surface area contributed by atoms with Crippen LogP contribution in [0.15, 0.2) is 28.9 Å². The fourth-order valence-electron chi connectivity index (χ4n) is 3.14. The Labute approximate surface area is 154 Å². The summed E-state index contributed by atoms with van der Waals surface area (Å²) in [4.78, 5) is 4.32. The number of alkyl halides is 2. The summed E-state index contributed by atoms with van der Waals surface area (Å²) in [5, 5.41) is 18.7. The largest absolute Gasteiger partial charge is 0.415 e. The normalized spacial score (nSPS) is 15.5. The Morgan fingerprint density at radius 1 is 1.15 bits per heavy atom. The summed E-state index contributed by atoms with van der Waals surface area (Å²) < 4.78 is 31.7. The number of halogens is 2. The Morgan fingerprint density at radius 3 is 2.70 bits per heavy atom. The maximum atomic E-state index is 12.5. The van der Waals surface area contributed by atoms with Crippen LogP contribution in [0.3, 0.4) is 0 Å². The summed E-state index contributed by atoms with van der Waals surface area (Å²) in [5.41, 5.74) is 2.25. The van der Waals surface area contributed by atoms with Crippen LogP contribution in [0, 0.1) is 5.92 Å². The van der Waals surface area contributed by atoms with E-state index < -0.39 is 12.3 Å². The second-order valence-corrected chi connectivity index (χ2v) is 6.59. The van der Waals surface area contributed by atoms with Gasteiger partial charge in [-0.3, -0.25) is 4.98 Å². The molecule has 0 atom stereocenters. The first kappa shape index (κ1) is 17.7. The van der Waals surface area contributed by atoms with Crippen LogP contribution in [-0.2, 0) is 13.0 Å². The second-order valence-electron chi connectivity index (χ2n) is 6.59. The van der Waals surface area contributed by atoms with Crippen molar-refractivity contribution < 1.29 is 13.2 Å². The van der Waals surface area contributed by atoms with E-state index in [-0.39, 0.29) is 5.89 Å². The molecule has 1 N–H and O–H groups in total. The van der Waals surface area contributed by atoms with Crippen LogP contribution in [0.25, 0.3) is 11.5 Å². The first-order valence-corrected chi connectivity index (χ1v) is 8.84. The average Bonchev–Trinajstić information content (AvgIpc) is 3.33. The van der Waals surface area contributed by atoms with E-state index in [0.29, 0.717) is 18.0 Å². The topological polar surface area (TPSA) is 94.6 Å². The van der Waals surface area contributed by atoms with Crippen LogP contribution in [0.1, 0.15) is 36.5 Å². The highest BCUT2D eigenvalue weighted by atomic mass is 19.3. The van der Waals surface area contributed by atoms with Gasteiger partial charge < -0.3 is 9.73 Å². The molecule has 0 radical (unpaired) electrons. The van der Waals surface area contributed by atoms with Crippen LogP contribution >= 0.6 is 0 Å². The third-order valence-electron chi connectivity index (χ3n) is 4.57. The van der Waals surface area contributed by atoms with Crippen molar-refractivity contribution in [3.05, 3.63) is 41.8 Å². The third kappa shape index (κ3) is 4.33. The van der Waals surface area contributed by atoms with Crippen LogP contribution in [-0.4, -0.2) is 43.3 Å². The van der Waals surface area contributed by atoms with E-state index in [0.717, 1.165) is 30.9 Å². The molecule has 1 aliphatic heterocycles. The summed E-state index contributed by atoms with van der Waals surface area (Å²) in [5.74, 6) is -0.0197. The van der Waals surface area contributed by atoms with E-state index >= 15 is 0 Å². The Morgan fingerprint density at radius 2 is 2.00 bits per heavy atom. The van der Waals surface area contributed by atoms with Gasteiger partial charge in [0.15, 0.2) is 0 Å². The van der Waals surface area contributed by atoms with Gasteiger partial charge in [0.05, 0.1) is 23.5 Å². The predicted molar refractivity (Wildman–Crippen MR) is 90.9 cm³/mol. The van der Waals surface area contributed by atoms with Crippen molar-refractivity contribution in [2.75, 3.05) is 13.1 Å². The molecule has 3 aromatic heterocycles. The Hall–Kier alpha value is -2.75. The molecule has 4 rings (SSSR count). The van der Waals surface area contributed by atoms with Crippen molar-refractivity contribution in [3.63, 3.8) is 0 Å². The van der Waals surface area contributed by atoms with Crippen molar-refractivity contribution >= 4 is 0 Å². The zero-order chi connectivity index (χ0) is 18.6. The molecule has 8 nitrogen and oxygen atoms in total. The van der Waals surface area contributed by atoms with E-state index in [1.54, 1.807) is 16.8 Å². The highest BCUT2D eigenvalue weighted by Gasteiger charge is 2.17. The van der Waals surface area contributed by atoms with Gasteiger partial charge in [-0.15, -0.1) is 15.3 Å². The van der Waals surface area contributed by atoms with Gasteiger partial charge >= 0.3 is 6.43 Å². The molecule has 4 heterocycles. The summed E-state index contributed by atoms with van der Waals surface area (Å²) in [6, 6.07) is 3.48. The summed E-state index contributed by atoms with van der Waals surface area (Å²) in [7, 11) is 0. The summed E-state index contributed by atoms with van der Waals surface area (Å²) >= 11 is 0. The fourth-order valence-corrected chi connectivity index (χ4v) is 3.14.